The summed E-state index contributed by atoms with van der Waals surface area (Å²) < 4.78 is 31.9. The van der Waals surface area contributed by atoms with Crippen LogP contribution in [0, 0.1) is 39.9 Å². The van der Waals surface area contributed by atoms with Crippen LogP contribution in [0.2, 0.25) is 19.6 Å². The van der Waals surface area contributed by atoms with Crippen molar-refractivity contribution in [3.63, 3.8) is 0 Å². The van der Waals surface area contributed by atoms with Gasteiger partial charge in [0.2, 0.25) is 8.32 Å². The number of carbonyl (C=O) groups is 2. The van der Waals surface area contributed by atoms with E-state index in [4.69, 9.17) is 23.4 Å². The molecule has 6 aliphatic rings. The Balaban J connectivity index is 1.46. The van der Waals surface area contributed by atoms with Gasteiger partial charge in [-0.15, -0.1) is 0 Å². The van der Waals surface area contributed by atoms with Crippen LogP contribution in [0.5, 0.6) is 5.75 Å². The van der Waals surface area contributed by atoms with Crippen LogP contribution >= 0.6 is 0 Å². The Morgan fingerprint density at radius 3 is 2.30 bits per heavy atom. The predicted octanol–water partition coefficient (Wildman–Crippen LogP) is 7.36. The quantitative estimate of drug-likeness (QED) is 0.174. The van der Waals surface area contributed by atoms with Gasteiger partial charge in [-0.1, -0.05) is 57.9 Å². The first kappa shape index (κ1) is 32.1. The van der Waals surface area contributed by atoms with Crippen LogP contribution in [-0.2, 0) is 33.6 Å². The van der Waals surface area contributed by atoms with E-state index < -0.39 is 25.4 Å². The second-order valence-electron chi connectivity index (χ2n) is 16.7. The molecule has 1 aromatic carbocycles. The average Bonchev–Trinajstić information content (AvgIpc) is 3.49. The van der Waals surface area contributed by atoms with Crippen molar-refractivity contribution in [1.82, 2.24) is 0 Å². The molecule has 2 bridgehead atoms. The lowest BCUT2D eigenvalue weighted by Crippen LogP contribution is -2.56. The Hall–Kier alpha value is -2.42. The number of hydrogen-bond acceptors (Lipinski definition) is 7. The molecule has 0 radical (unpaired) electrons. The molecular weight excluding hydrogens is 596 g/mol. The number of fused-ring (bicyclic) bond motifs is 5. The van der Waals surface area contributed by atoms with Gasteiger partial charge in [0.1, 0.15) is 11.5 Å². The number of hydrogen-bond donors (Lipinski definition) is 0. The fourth-order valence-electron chi connectivity index (χ4n) is 10.8. The number of allylic oxidation sites excluding steroid dienone is 4. The standard InChI is InChI=1S/C38H52O7Si/c1-9-42-29(39)21-27-33(40)30-26(38(27)43-22-34(2,3)23-44-38)20-28(45-46(6,7)8)31-32(30)36-17-11-10-16-35(36,4)37(31,19-18-36)24-12-14-25(41-5)15-13-24/h12-15,18-19,26-27,30,32H,9-11,16-17,20-23H2,1-8H3/t26-,27-,30-,32+,35+,36-,37-/m1/s1. The molecule has 1 aliphatic heterocycles. The van der Waals surface area contributed by atoms with Gasteiger partial charge in [0.05, 0.1) is 45.0 Å². The third-order valence-corrected chi connectivity index (χ3v) is 13.4. The van der Waals surface area contributed by atoms with E-state index in [-0.39, 0.29) is 58.8 Å². The maximum atomic E-state index is 15.2. The normalized spacial score (nSPS) is 38.4. The van der Waals surface area contributed by atoms with E-state index in [1.807, 2.05) is 0 Å². The third kappa shape index (κ3) is 4.21. The molecule has 7 atom stereocenters. The Bertz CT molecular complexity index is 1480. The van der Waals surface area contributed by atoms with Gasteiger partial charge in [-0.05, 0) is 68.1 Å². The fourth-order valence-corrected chi connectivity index (χ4v) is 11.8. The first-order valence-electron chi connectivity index (χ1n) is 17.4. The highest BCUT2D eigenvalue weighted by Crippen LogP contribution is 2.82. The minimum absolute atomic E-state index is 0.0317. The van der Waals surface area contributed by atoms with Crippen molar-refractivity contribution in [3.8, 4) is 5.75 Å². The van der Waals surface area contributed by atoms with Gasteiger partial charge in [-0.3, -0.25) is 9.59 Å². The van der Waals surface area contributed by atoms with Crippen molar-refractivity contribution in [1.29, 1.82) is 0 Å². The lowest BCUT2D eigenvalue weighted by atomic mass is 9.52. The van der Waals surface area contributed by atoms with Gasteiger partial charge in [0.25, 0.3) is 0 Å². The maximum absolute atomic E-state index is 15.2. The molecule has 1 spiro atoms. The van der Waals surface area contributed by atoms with E-state index in [1.165, 1.54) is 11.1 Å². The zero-order valence-corrected chi connectivity index (χ0v) is 30.0. The summed E-state index contributed by atoms with van der Waals surface area (Å²) in [7, 11) is -0.393. The van der Waals surface area contributed by atoms with Crippen molar-refractivity contribution in [2.75, 3.05) is 26.9 Å². The lowest BCUT2D eigenvalue weighted by Gasteiger charge is -2.52. The highest BCUT2D eigenvalue weighted by molar-refractivity contribution is 6.70. The Morgan fingerprint density at radius 1 is 1.00 bits per heavy atom. The molecule has 46 heavy (non-hydrogen) atoms. The highest BCUT2D eigenvalue weighted by atomic mass is 28.4. The van der Waals surface area contributed by atoms with E-state index in [0.29, 0.717) is 19.6 Å². The topological polar surface area (TPSA) is 80.3 Å². The smallest absolute Gasteiger partial charge is 0.306 e. The van der Waals surface area contributed by atoms with E-state index >= 15 is 4.79 Å². The fraction of sp³-hybridized carbons (Fsp3) is 0.684. The molecule has 0 N–H and O–H groups in total. The summed E-state index contributed by atoms with van der Waals surface area (Å²) in [4.78, 5) is 28.3. The second kappa shape index (κ2) is 10.5. The number of ether oxygens (including phenoxy) is 4. The zero-order chi connectivity index (χ0) is 32.9. The summed E-state index contributed by atoms with van der Waals surface area (Å²) in [5.74, 6) is -0.983. The molecule has 1 heterocycles. The van der Waals surface area contributed by atoms with E-state index in [2.05, 4.69) is 76.8 Å². The molecule has 7 nitrogen and oxygen atoms in total. The molecule has 1 saturated heterocycles. The van der Waals surface area contributed by atoms with Gasteiger partial charge in [0, 0.05) is 40.4 Å². The van der Waals surface area contributed by atoms with Crippen molar-refractivity contribution in [2.45, 2.75) is 97.1 Å². The summed E-state index contributed by atoms with van der Waals surface area (Å²) in [5.41, 5.74) is 1.57. The van der Waals surface area contributed by atoms with Gasteiger partial charge < -0.3 is 23.4 Å². The molecule has 1 aromatic rings. The Morgan fingerprint density at radius 2 is 1.67 bits per heavy atom. The molecule has 7 rings (SSSR count). The van der Waals surface area contributed by atoms with Crippen LogP contribution in [0.25, 0.3) is 0 Å². The van der Waals surface area contributed by atoms with Crippen LogP contribution in [0.1, 0.15) is 71.8 Å². The van der Waals surface area contributed by atoms with E-state index in [1.54, 1.807) is 14.0 Å². The van der Waals surface area contributed by atoms with Crippen molar-refractivity contribution >= 4 is 20.1 Å². The number of ketones is 1. The van der Waals surface area contributed by atoms with Gasteiger partial charge >= 0.3 is 5.97 Å². The summed E-state index contributed by atoms with van der Waals surface area (Å²) in [5, 5.41) is 0. The van der Waals surface area contributed by atoms with E-state index in [9.17, 15) is 4.79 Å². The molecule has 5 aliphatic carbocycles. The monoisotopic (exact) mass is 648 g/mol. The van der Waals surface area contributed by atoms with Crippen LogP contribution < -0.4 is 4.74 Å². The Labute approximate surface area is 275 Å². The minimum atomic E-state index is -2.10. The van der Waals surface area contributed by atoms with Gasteiger partial charge in [0.15, 0.2) is 5.79 Å². The molecule has 3 saturated carbocycles. The number of Topliss-reactive ketones (excluding diaryl/α,β-unsaturated/α-hetero) is 1. The molecule has 0 amide bonds. The van der Waals surface area contributed by atoms with E-state index in [0.717, 1.165) is 37.2 Å². The highest BCUT2D eigenvalue weighted by Gasteiger charge is 2.80. The van der Waals surface area contributed by atoms with Crippen LogP contribution in [0.3, 0.4) is 0 Å². The largest absolute Gasteiger partial charge is 0.547 e. The average molecular weight is 649 g/mol. The molecule has 250 valence electrons. The van der Waals surface area contributed by atoms with Gasteiger partial charge in [-0.25, -0.2) is 0 Å². The minimum Gasteiger partial charge on any atom is -0.547 e. The summed E-state index contributed by atoms with van der Waals surface area (Å²) in [6, 6.07) is 8.59. The molecule has 0 aromatic heterocycles. The van der Waals surface area contributed by atoms with Crippen molar-refractivity contribution < 1.29 is 33.0 Å². The van der Waals surface area contributed by atoms with Crippen LogP contribution in [-0.4, -0.2) is 52.8 Å². The summed E-state index contributed by atoms with van der Waals surface area (Å²) in [6.07, 6.45) is 9.85. The SMILES string of the molecule is CCOC(=O)C[C@@H]1C(=O)[C@@H]2[C@@H](CC(O[Si](C)(C)C)=C3[C@H]2[C@@]24C=C[C@]3(c3ccc(OC)cc3)[C@@]2(C)CCCC4)C12OCC(C)(C)CO2. The molecule has 0 unspecified atom stereocenters. The van der Waals surface area contributed by atoms with Crippen LogP contribution in [0.15, 0.2) is 47.7 Å². The molecular formula is C38H52O7Si. The first-order chi connectivity index (χ1) is 21.7. The number of methoxy groups -OCH3 is 1. The zero-order valence-electron chi connectivity index (χ0n) is 29.0. The summed E-state index contributed by atoms with van der Waals surface area (Å²) in [6.45, 7) is 16.5. The predicted molar refractivity (Wildman–Crippen MR) is 178 cm³/mol. The summed E-state index contributed by atoms with van der Waals surface area (Å²) >= 11 is 0. The molecule has 8 heteroatoms. The van der Waals surface area contributed by atoms with Gasteiger partial charge in [-0.2, -0.15) is 0 Å². The Kier molecular flexibility index (Phi) is 7.36. The third-order valence-electron chi connectivity index (χ3n) is 12.5. The van der Waals surface area contributed by atoms with Crippen molar-refractivity contribution in [3.05, 3.63) is 53.3 Å². The molecule has 4 fully saturated rings. The number of carbonyl (C=O) groups excluding carboxylic acids is 2. The maximum Gasteiger partial charge on any atom is 0.306 e. The second-order valence-corrected chi connectivity index (χ2v) is 21.2. The van der Waals surface area contributed by atoms with Crippen LogP contribution in [0.4, 0.5) is 0 Å². The lowest BCUT2D eigenvalue weighted by molar-refractivity contribution is -0.334. The first-order valence-corrected chi connectivity index (χ1v) is 20.8. The number of esters is 1. The number of benzene rings is 1. The number of rotatable bonds is 7. The van der Waals surface area contributed by atoms with Crippen molar-refractivity contribution in [2.24, 2.45) is 39.9 Å².